The Hall–Kier alpha value is -1.92. The highest BCUT2D eigenvalue weighted by Crippen LogP contribution is 2.65. The Morgan fingerprint density at radius 1 is 1.28 bits per heavy atom. The van der Waals surface area contributed by atoms with Crippen LogP contribution in [0.3, 0.4) is 0 Å². The number of hydrogen-bond donors (Lipinski definition) is 1. The second-order valence-electron chi connectivity index (χ2n) is 5.20. The molecule has 4 heterocycles. The molecule has 0 spiro atoms. The lowest BCUT2D eigenvalue weighted by molar-refractivity contribution is -0.325. The maximum absolute atomic E-state index is 9.63. The molecule has 4 bridgehead atoms. The van der Waals surface area contributed by atoms with Crippen LogP contribution in [0.4, 0.5) is 0 Å². The summed E-state index contributed by atoms with van der Waals surface area (Å²) in [5.74, 6) is -1.37. The van der Waals surface area contributed by atoms with Gasteiger partial charge in [0.15, 0.2) is 10.8 Å². The van der Waals surface area contributed by atoms with Gasteiger partial charge in [-0.2, -0.15) is 15.5 Å². The van der Waals surface area contributed by atoms with E-state index in [4.69, 9.17) is 14.9 Å². The third-order valence-electron chi connectivity index (χ3n) is 4.65. The molecule has 6 nitrogen and oxygen atoms in total. The van der Waals surface area contributed by atoms with Gasteiger partial charge in [0, 0.05) is 12.8 Å². The van der Waals surface area contributed by atoms with Crippen molar-refractivity contribution in [1.29, 1.82) is 15.9 Å². The van der Waals surface area contributed by atoms with E-state index < -0.39 is 28.6 Å². The van der Waals surface area contributed by atoms with Crippen LogP contribution in [-0.2, 0) is 9.47 Å². The molecule has 6 heteroatoms. The van der Waals surface area contributed by atoms with E-state index in [1.165, 1.54) is 0 Å². The van der Waals surface area contributed by atoms with Crippen LogP contribution in [0.15, 0.2) is 4.99 Å². The van der Waals surface area contributed by atoms with Crippen molar-refractivity contribution >= 4 is 11.7 Å². The molecular weight excluding hydrogens is 232 g/mol. The third-order valence-corrected chi connectivity index (χ3v) is 4.65. The number of nitriles is 2. The molecule has 0 amide bonds. The Kier molecular flexibility index (Phi) is 1.70. The average molecular weight is 244 g/mol. The lowest BCUT2D eigenvalue weighted by Gasteiger charge is -2.59. The fraction of sp³-hybridized carbons (Fsp3) is 0.667. The van der Waals surface area contributed by atoms with Crippen molar-refractivity contribution in [1.82, 2.24) is 0 Å². The van der Waals surface area contributed by atoms with Gasteiger partial charge >= 0.3 is 0 Å². The summed E-state index contributed by atoms with van der Waals surface area (Å²) in [4.78, 5) is 4.02. The fourth-order valence-corrected chi connectivity index (χ4v) is 3.48. The topological polar surface area (TPSA) is 102 Å². The standard InChI is InChI=1S/C12H12N4O2/c1-6-10(3)17-7(2)12(5-14)9(18-10)16-8(15)11(6,12)4-13/h6-7,15H,1-3H3/t6-,7+,10-,11+,12-/m0/s1. The van der Waals surface area contributed by atoms with Gasteiger partial charge in [-0.25, -0.2) is 0 Å². The van der Waals surface area contributed by atoms with Crippen LogP contribution in [0.25, 0.3) is 0 Å². The molecule has 1 N–H and O–H groups in total. The summed E-state index contributed by atoms with van der Waals surface area (Å²) in [6.07, 6.45) is -0.529. The van der Waals surface area contributed by atoms with Crippen molar-refractivity contribution < 1.29 is 9.47 Å². The molecule has 18 heavy (non-hydrogen) atoms. The number of hydrogen-bond acceptors (Lipinski definition) is 5. The highest BCUT2D eigenvalue weighted by molar-refractivity contribution is 6.12. The maximum Gasteiger partial charge on any atom is 0.218 e. The molecule has 92 valence electrons. The van der Waals surface area contributed by atoms with E-state index >= 15 is 0 Å². The summed E-state index contributed by atoms with van der Waals surface area (Å²) in [5, 5.41) is 27.2. The van der Waals surface area contributed by atoms with Crippen molar-refractivity contribution in [3.05, 3.63) is 0 Å². The van der Waals surface area contributed by atoms with Crippen molar-refractivity contribution in [2.24, 2.45) is 21.7 Å². The van der Waals surface area contributed by atoms with Crippen LogP contribution in [0.2, 0.25) is 0 Å². The number of aliphatic imine (C=N–C) groups is 1. The Morgan fingerprint density at radius 2 is 1.89 bits per heavy atom. The molecule has 0 aromatic heterocycles. The minimum atomic E-state index is -1.30. The van der Waals surface area contributed by atoms with Crippen LogP contribution in [0, 0.1) is 44.8 Å². The zero-order valence-electron chi connectivity index (χ0n) is 10.3. The molecule has 0 saturated carbocycles. The lowest BCUT2D eigenvalue weighted by Crippen LogP contribution is -2.72. The minimum Gasteiger partial charge on any atom is -0.447 e. The molecule has 0 aromatic carbocycles. The smallest absolute Gasteiger partial charge is 0.218 e. The van der Waals surface area contributed by atoms with Crippen LogP contribution < -0.4 is 0 Å². The number of fused-ring (bicyclic) bond motifs is 1. The first-order valence-corrected chi connectivity index (χ1v) is 5.76. The molecule has 3 saturated heterocycles. The lowest BCUT2D eigenvalue weighted by atomic mass is 9.52. The monoisotopic (exact) mass is 244 g/mol. The van der Waals surface area contributed by atoms with E-state index in [2.05, 4.69) is 17.1 Å². The van der Waals surface area contributed by atoms with E-state index in [0.29, 0.717) is 0 Å². The Morgan fingerprint density at radius 3 is 2.44 bits per heavy atom. The molecule has 0 unspecified atom stereocenters. The van der Waals surface area contributed by atoms with Gasteiger partial charge < -0.3 is 9.47 Å². The molecule has 0 radical (unpaired) electrons. The fourth-order valence-electron chi connectivity index (χ4n) is 3.48. The zero-order chi connectivity index (χ0) is 13.3. The molecule has 0 aliphatic carbocycles. The summed E-state index contributed by atoms with van der Waals surface area (Å²) in [6.45, 7) is 5.23. The molecule has 4 rings (SSSR count). The van der Waals surface area contributed by atoms with Crippen molar-refractivity contribution in [3.63, 3.8) is 0 Å². The van der Waals surface area contributed by atoms with Gasteiger partial charge in [-0.3, -0.25) is 5.41 Å². The number of amidine groups is 1. The predicted octanol–water partition coefficient (Wildman–Crippen LogP) is 1.20. The Labute approximate surface area is 104 Å². The predicted molar refractivity (Wildman–Crippen MR) is 60.5 cm³/mol. The van der Waals surface area contributed by atoms with Crippen LogP contribution in [-0.4, -0.2) is 23.6 Å². The summed E-state index contributed by atoms with van der Waals surface area (Å²) < 4.78 is 11.4. The highest BCUT2D eigenvalue weighted by Gasteiger charge is 2.80. The van der Waals surface area contributed by atoms with E-state index in [1.54, 1.807) is 20.8 Å². The van der Waals surface area contributed by atoms with Crippen molar-refractivity contribution in [2.75, 3.05) is 0 Å². The quantitative estimate of drug-likeness (QED) is 0.691. The van der Waals surface area contributed by atoms with Crippen LogP contribution in [0.5, 0.6) is 0 Å². The third kappa shape index (κ3) is 0.739. The Balaban J connectivity index is 2.39. The van der Waals surface area contributed by atoms with Gasteiger partial charge in [0.1, 0.15) is 5.84 Å². The van der Waals surface area contributed by atoms with E-state index in [0.717, 1.165) is 0 Å². The summed E-state index contributed by atoms with van der Waals surface area (Å²) >= 11 is 0. The van der Waals surface area contributed by atoms with Crippen LogP contribution >= 0.6 is 0 Å². The number of nitrogens with zero attached hydrogens (tertiary/aromatic N) is 3. The summed E-state index contributed by atoms with van der Waals surface area (Å²) in [7, 11) is 0. The maximum atomic E-state index is 9.63. The molecule has 0 aromatic rings. The molecule has 5 atom stereocenters. The van der Waals surface area contributed by atoms with Gasteiger partial charge in [-0.15, -0.1) is 0 Å². The molecule has 3 fully saturated rings. The molecular formula is C12H12N4O2. The van der Waals surface area contributed by atoms with E-state index in [-0.39, 0.29) is 11.7 Å². The average Bonchev–Trinajstić information content (AvgIpc) is 2.52. The summed E-state index contributed by atoms with van der Waals surface area (Å²) in [5.41, 5.74) is -2.57. The van der Waals surface area contributed by atoms with Gasteiger partial charge in [-0.1, -0.05) is 6.92 Å². The van der Waals surface area contributed by atoms with Gasteiger partial charge in [0.2, 0.25) is 11.7 Å². The minimum absolute atomic E-state index is 0.0899. The van der Waals surface area contributed by atoms with Crippen molar-refractivity contribution in [2.45, 2.75) is 32.7 Å². The number of nitrogens with one attached hydrogen (secondary N) is 1. The van der Waals surface area contributed by atoms with Gasteiger partial charge in [-0.05, 0) is 6.92 Å². The zero-order valence-corrected chi connectivity index (χ0v) is 10.3. The first-order valence-electron chi connectivity index (χ1n) is 5.76. The van der Waals surface area contributed by atoms with Gasteiger partial charge in [0.05, 0.1) is 18.2 Å². The number of rotatable bonds is 0. The first-order chi connectivity index (χ1) is 8.39. The van der Waals surface area contributed by atoms with Crippen LogP contribution in [0.1, 0.15) is 20.8 Å². The van der Waals surface area contributed by atoms with Gasteiger partial charge in [0.25, 0.3) is 0 Å². The Bertz CT molecular complexity index is 586. The van der Waals surface area contributed by atoms with E-state index in [1.807, 2.05) is 0 Å². The highest BCUT2D eigenvalue weighted by atomic mass is 16.7. The molecule has 4 aliphatic heterocycles. The summed E-state index contributed by atoms with van der Waals surface area (Å²) in [6, 6.07) is 4.31. The normalized spacial score (nSPS) is 52.3. The molecule has 4 aliphatic rings. The number of ether oxygens (including phenoxy) is 2. The SMILES string of the molecule is C[C@H]1[C@]2(C)OC3=NC(=N)[C@]1(C#N)[C@@]3(C#N)[C@@H](C)O2. The largest absolute Gasteiger partial charge is 0.447 e. The first kappa shape index (κ1) is 11.2. The second-order valence-corrected chi connectivity index (χ2v) is 5.20. The van der Waals surface area contributed by atoms with Crippen molar-refractivity contribution in [3.8, 4) is 12.1 Å². The second kappa shape index (κ2) is 2.73. The van der Waals surface area contributed by atoms with E-state index in [9.17, 15) is 10.5 Å².